The molecule has 102 valence electrons. The lowest BCUT2D eigenvalue weighted by molar-refractivity contribution is 0.624. The van der Waals surface area contributed by atoms with Crippen LogP contribution in [-0.2, 0) is 0 Å². The third-order valence-corrected chi connectivity index (χ3v) is 2.51. The summed E-state index contributed by atoms with van der Waals surface area (Å²) >= 11 is 5.80. The normalized spacial score (nSPS) is 9.95. The van der Waals surface area contributed by atoms with Crippen LogP contribution in [0.1, 0.15) is 5.56 Å². The summed E-state index contributed by atoms with van der Waals surface area (Å²) in [5, 5.41) is 11.7. The van der Waals surface area contributed by atoms with Crippen molar-refractivity contribution in [2.75, 3.05) is 24.3 Å². The predicted molar refractivity (Wildman–Crippen MR) is 73.6 cm³/mol. The second-order valence-electron chi connectivity index (χ2n) is 4.05. The minimum absolute atomic E-state index is 0.0359. The fraction of sp³-hybridized carbons (Fsp3) is 0.167. The Hall–Kier alpha value is -2.46. The molecular weight excluding hydrogens is 283 g/mol. The molecule has 0 unspecified atom stereocenters. The highest BCUT2D eigenvalue weighted by Crippen LogP contribution is 2.19. The van der Waals surface area contributed by atoms with Gasteiger partial charge in [0.1, 0.15) is 11.9 Å². The van der Waals surface area contributed by atoms with Gasteiger partial charge in [0.05, 0.1) is 5.56 Å². The lowest BCUT2D eigenvalue weighted by Crippen LogP contribution is -2.14. The number of hydrogen-bond donors (Lipinski definition) is 1. The van der Waals surface area contributed by atoms with E-state index in [9.17, 15) is 4.39 Å². The van der Waals surface area contributed by atoms with Gasteiger partial charge in [-0.1, -0.05) is 0 Å². The van der Waals surface area contributed by atoms with Crippen molar-refractivity contribution in [2.45, 2.75) is 0 Å². The van der Waals surface area contributed by atoms with E-state index in [0.717, 1.165) is 0 Å². The number of anilines is 3. The molecule has 1 heterocycles. The van der Waals surface area contributed by atoms with E-state index >= 15 is 0 Å². The second kappa shape index (κ2) is 5.67. The molecule has 0 aliphatic heterocycles. The average Bonchev–Trinajstić information content (AvgIpc) is 2.40. The minimum Gasteiger partial charge on any atom is -0.347 e. The molecule has 0 radical (unpaired) electrons. The summed E-state index contributed by atoms with van der Waals surface area (Å²) in [5.41, 5.74) is 0.415. The van der Waals surface area contributed by atoms with Crippen molar-refractivity contribution in [2.24, 2.45) is 0 Å². The van der Waals surface area contributed by atoms with Crippen molar-refractivity contribution < 1.29 is 4.39 Å². The summed E-state index contributed by atoms with van der Waals surface area (Å²) in [6, 6.07) is 5.79. The highest BCUT2D eigenvalue weighted by atomic mass is 35.5. The standard InChI is InChI=1S/C12H10ClFN6/c1-20(2)12-18-10(13)17-11(19-12)16-8-3-4-9(14)7(5-8)6-15/h3-5H,1-2H3,(H,16,17,18,19). The Bertz CT molecular complexity index is 682. The van der Waals surface area contributed by atoms with E-state index in [1.54, 1.807) is 25.1 Å². The lowest BCUT2D eigenvalue weighted by Gasteiger charge is -2.12. The molecule has 0 atom stereocenters. The van der Waals surface area contributed by atoms with Gasteiger partial charge in [-0.05, 0) is 29.8 Å². The van der Waals surface area contributed by atoms with Crippen molar-refractivity contribution >= 4 is 29.2 Å². The van der Waals surface area contributed by atoms with Crippen LogP contribution < -0.4 is 10.2 Å². The Labute approximate surface area is 119 Å². The fourth-order valence-corrected chi connectivity index (χ4v) is 1.57. The van der Waals surface area contributed by atoms with E-state index in [0.29, 0.717) is 11.6 Å². The first kappa shape index (κ1) is 14.0. The molecule has 1 aromatic carbocycles. The molecule has 2 rings (SSSR count). The van der Waals surface area contributed by atoms with Crippen molar-refractivity contribution in [3.05, 3.63) is 34.9 Å². The maximum absolute atomic E-state index is 13.2. The van der Waals surface area contributed by atoms with Crippen molar-refractivity contribution in [1.82, 2.24) is 15.0 Å². The molecular formula is C12H10ClFN6. The number of rotatable bonds is 3. The van der Waals surface area contributed by atoms with Gasteiger partial charge in [-0.2, -0.15) is 20.2 Å². The van der Waals surface area contributed by atoms with Crippen LogP contribution in [0.4, 0.5) is 22.0 Å². The van der Waals surface area contributed by atoms with E-state index in [1.165, 1.54) is 18.2 Å². The molecule has 0 fully saturated rings. The third kappa shape index (κ3) is 3.10. The van der Waals surface area contributed by atoms with Gasteiger partial charge in [0.25, 0.3) is 0 Å². The van der Waals surface area contributed by atoms with E-state index in [4.69, 9.17) is 16.9 Å². The van der Waals surface area contributed by atoms with Crippen molar-refractivity contribution in [3.63, 3.8) is 0 Å². The molecule has 1 N–H and O–H groups in total. The Morgan fingerprint density at radius 1 is 1.30 bits per heavy atom. The molecule has 8 heteroatoms. The van der Waals surface area contributed by atoms with Gasteiger partial charge in [0.15, 0.2) is 0 Å². The van der Waals surface area contributed by atoms with Crippen LogP contribution in [0, 0.1) is 17.1 Å². The minimum atomic E-state index is -0.583. The highest BCUT2D eigenvalue weighted by Gasteiger charge is 2.08. The topological polar surface area (TPSA) is 77.7 Å². The largest absolute Gasteiger partial charge is 0.347 e. The molecule has 2 aromatic rings. The first-order valence-electron chi connectivity index (χ1n) is 5.55. The van der Waals surface area contributed by atoms with Crippen LogP contribution >= 0.6 is 11.6 Å². The summed E-state index contributed by atoms with van der Waals surface area (Å²) in [5.74, 6) is 0.0139. The smallest absolute Gasteiger partial charge is 0.233 e. The van der Waals surface area contributed by atoms with Crippen molar-refractivity contribution in [1.29, 1.82) is 5.26 Å². The van der Waals surface area contributed by atoms with E-state index in [-0.39, 0.29) is 16.8 Å². The second-order valence-corrected chi connectivity index (χ2v) is 4.39. The zero-order valence-corrected chi connectivity index (χ0v) is 11.5. The summed E-state index contributed by atoms with van der Waals surface area (Å²) in [6.45, 7) is 0. The quantitative estimate of drug-likeness (QED) is 0.935. The number of nitrogens with zero attached hydrogens (tertiary/aromatic N) is 5. The number of aromatic nitrogens is 3. The number of benzene rings is 1. The van der Waals surface area contributed by atoms with Crippen molar-refractivity contribution in [3.8, 4) is 6.07 Å². The van der Waals surface area contributed by atoms with E-state index in [2.05, 4.69) is 20.3 Å². The van der Waals surface area contributed by atoms with Gasteiger partial charge >= 0.3 is 0 Å². The Morgan fingerprint density at radius 3 is 2.70 bits per heavy atom. The Kier molecular flexibility index (Phi) is 3.96. The van der Waals surface area contributed by atoms with Crippen LogP contribution in [0.5, 0.6) is 0 Å². The monoisotopic (exact) mass is 292 g/mol. The van der Waals surface area contributed by atoms with Crippen LogP contribution in [0.15, 0.2) is 18.2 Å². The molecule has 0 amide bonds. The first-order valence-corrected chi connectivity index (χ1v) is 5.93. The molecule has 0 aliphatic carbocycles. The fourth-order valence-electron chi connectivity index (χ4n) is 1.41. The third-order valence-electron chi connectivity index (χ3n) is 2.34. The van der Waals surface area contributed by atoms with Gasteiger partial charge in [0.2, 0.25) is 17.2 Å². The molecule has 0 spiro atoms. The Morgan fingerprint density at radius 2 is 2.05 bits per heavy atom. The summed E-state index contributed by atoms with van der Waals surface area (Å²) in [6.07, 6.45) is 0. The molecule has 1 aromatic heterocycles. The lowest BCUT2D eigenvalue weighted by atomic mass is 10.2. The van der Waals surface area contributed by atoms with Gasteiger partial charge < -0.3 is 10.2 Å². The SMILES string of the molecule is CN(C)c1nc(Cl)nc(Nc2ccc(F)c(C#N)c2)n1. The van der Waals surface area contributed by atoms with Crippen LogP contribution in [0.2, 0.25) is 5.28 Å². The summed E-state index contributed by atoms with van der Waals surface area (Å²) in [7, 11) is 3.53. The molecule has 6 nitrogen and oxygen atoms in total. The van der Waals surface area contributed by atoms with Crippen LogP contribution in [0.3, 0.4) is 0 Å². The number of nitrogens with one attached hydrogen (secondary N) is 1. The van der Waals surface area contributed by atoms with Gasteiger partial charge in [-0.15, -0.1) is 0 Å². The first-order chi connectivity index (χ1) is 9.49. The molecule has 0 bridgehead atoms. The van der Waals surface area contributed by atoms with Gasteiger partial charge in [0, 0.05) is 19.8 Å². The maximum atomic E-state index is 13.2. The van der Waals surface area contributed by atoms with Gasteiger partial charge in [-0.25, -0.2) is 4.39 Å². The number of nitriles is 1. The highest BCUT2D eigenvalue weighted by molar-refractivity contribution is 6.28. The number of hydrogen-bond acceptors (Lipinski definition) is 6. The van der Waals surface area contributed by atoms with Gasteiger partial charge in [-0.3, -0.25) is 0 Å². The zero-order chi connectivity index (χ0) is 14.7. The van der Waals surface area contributed by atoms with Crippen LogP contribution in [0.25, 0.3) is 0 Å². The molecule has 20 heavy (non-hydrogen) atoms. The molecule has 0 saturated heterocycles. The zero-order valence-electron chi connectivity index (χ0n) is 10.7. The Balaban J connectivity index is 2.33. The summed E-state index contributed by atoms with van der Waals surface area (Å²) in [4.78, 5) is 13.7. The molecule has 0 saturated carbocycles. The summed E-state index contributed by atoms with van der Waals surface area (Å²) < 4.78 is 13.2. The predicted octanol–water partition coefficient (Wildman–Crippen LogP) is 2.35. The maximum Gasteiger partial charge on any atom is 0.233 e. The van der Waals surface area contributed by atoms with E-state index in [1.807, 2.05) is 0 Å². The molecule has 0 aliphatic rings. The average molecular weight is 293 g/mol. The van der Waals surface area contributed by atoms with Crippen LogP contribution in [-0.4, -0.2) is 29.0 Å². The van der Waals surface area contributed by atoms with E-state index < -0.39 is 5.82 Å². The number of halogens is 2.